The SMILES string of the molecule is C=C(CCC(C)C1CCC2C3C(=O)C[C@H]4CC(O)CCC4(C)C3CCC12C)C(C)C. The van der Waals surface area contributed by atoms with E-state index in [2.05, 4.69) is 41.2 Å². The molecule has 2 heteroatoms. The Balaban J connectivity index is 1.51. The van der Waals surface area contributed by atoms with E-state index in [4.69, 9.17) is 0 Å². The van der Waals surface area contributed by atoms with Gasteiger partial charge in [0.2, 0.25) is 0 Å². The summed E-state index contributed by atoms with van der Waals surface area (Å²) in [6, 6.07) is 0. The van der Waals surface area contributed by atoms with Crippen molar-refractivity contribution in [2.75, 3.05) is 0 Å². The summed E-state index contributed by atoms with van der Waals surface area (Å²) in [5.74, 6) is 4.48. The van der Waals surface area contributed by atoms with Gasteiger partial charge >= 0.3 is 0 Å². The maximum Gasteiger partial charge on any atom is 0.136 e. The molecule has 30 heavy (non-hydrogen) atoms. The normalized spacial score (nSPS) is 46.8. The fraction of sp³-hybridized carbons (Fsp3) is 0.893. The summed E-state index contributed by atoms with van der Waals surface area (Å²) in [5.41, 5.74) is 2.01. The zero-order valence-electron chi connectivity index (χ0n) is 20.3. The Labute approximate surface area is 185 Å². The predicted molar refractivity (Wildman–Crippen MR) is 124 cm³/mol. The highest BCUT2D eigenvalue weighted by atomic mass is 16.3. The number of hydrogen-bond acceptors (Lipinski definition) is 2. The van der Waals surface area contributed by atoms with Gasteiger partial charge in [0.15, 0.2) is 0 Å². The molecule has 4 saturated carbocycles. The number of allylic oxidation sites excluding steroid dienone is 1. The highest BCUT2D eigenvalue weighted by Crippen LogP contribution is 2.67. The summed E-state index contributed by atoms with van der Waals surface area (Å²) in [6.07, 6.45) is 11.0. The van der Waals surface area contributed by atoms with E-state index < -0.39 is 0 Å². The Kier molecular flexibility index (Phi) is 6.06. The standard InChI is InChI=1S/C28H46O2/c1-17(2)18(3)7-8-19(4)22-9-10-23-26-24(12-14-28(22,23)6)27(5)13-11-21(29)15-20(27)16-25(26)30/h17,19-24,26,29H,3,7-16H2,1-2,4-6H3/t19?,20-,21?,22?,23?,24?,26?,27?,28?/m1/s1. The van der Waals surface area contributed by atoms with Crippen molar-refractivity contribution in [3.8, 4) is 0 Å². The van der Waals surface area contributed by atoms with E-state index in [1.807, 2.05) is 0 Å². The van der Waals surface area contributed by atoms with Crippen LogP contribution in [-0.2, 0) is 4.79 Å². The van der Waals surface area contributed by atoms with Crippen LogP contribution in [0.25, 0.3) is 0 Å². The fourth-order valence-corrected chi connectivity index (χ4v) is 8.79. The molecule has 0 bridgehead atoms. The molecule has 0 heterocycles. The van der Waals surface area contributed by atoms with Gasteiger partial charge in [0.05, 0.1) is 6.10 Å². The van der Waals surface area contributed by atoms with Crippen LogP contribution in [0, 0.1) is 52.3 Å². The van der Waals surface area contributed by atoms with E-state index in [9.17, 15) is 9.90 Å². The van der Waals surface area contributed by atoms with E-state index in [-0.39, 0.29) is 11.5 Å². The highest BCUT2D eigenvalue weighted by Gasteiger charge is 2.62. The number of hydrogen-bond donors (Lipinski definition) is 1. The molecule has 0 saturated heterocycles. The molecule has 4 aliphatic carbocycles. The van der Waals surface area contributed by atoms with Gasteiger partial charge in [0.25, 0.3) is 0 Å². The molecule has 0 aromatic carbocycles. The molecule has 0 aromatic heterocycles. The molecular formula is C28H46O2. The Morgan fingerprint density at radius 2 is 1.73 bits per heavy atom. The van der Waals surface area contributed by atoms with Crippen LogP contribution in [-0.4, -0.2) is 17.0 Å². The van der Waals surface area contributed by atoms with E-state index in [1.54, 1.807) is 0 Å². The third-order valence-electron chi connectivity index (χ3n) is 10.9. The van der Waals surface area contributed by atoms with Gasteiger partial charge in [-0.1, -0.05) is 46.8 Å². The molecule has 0 amide bonds. The van der Waals surface area contributed by atoms with Gasteiger partial charge in [-0.15, -0.1) is 0 Å². The van der Waals surface area contributed by atoms with Crippen molar-refractivity contribution in [3.63, 3.8) is 0 Å². The lowest BCUT2D eigenvalue weighted by atomic mass is 9.44. The van der Waals surface area contributed by atoms with Crippen LogP contribution in [0.5, 0.6) is 0 Å². The van der Waals surface area contributed by atoms with Crippen molar-refractivity contribution in [1.82, 2.24) is 0 Å². The highest BCUT2D eigenvalue weighted by molar-refractivity contribution is 5.83. The lowest BCUT2D eigenvalue weighted by molar-refractivity contribution is -0.160. The minimum Gasteiger partial charge on any atom is -0.393 e. The molecule has 0 spiro atoms. The van der Waals surface area contributed by atoms with Gasteiger partial charge in [-0.05, 0) is 104 Å². The van der Waals surface area contributed by atoms with Crippen molar-refractivity contribution >= 4 is 5.78 Å². The molecular weight excluding hydrogens is 368 g/mol. The molecule has 1 N–H and O–H groups in total. The van der Waals surface area contributed by atoms with Gasteiger partial charge in [-0.3, -0.25) is 4.79 Å². The maximum absolute atomic E-state index is 13.5. The van der Waals surface area contributed by atoms with E-state index in [1.165, 1.54) is 37.7 Å². The molecule has 0 aromatic rings. The second-order valence-electron chi connectivity index (χ2n) is 12.6. The number of aliphatic hydroxyl groups is 1. The Morgan fingerprint density at radius 1 is 1.07 bits per heavy atom. The summed E-state index contributed by atoms with van der Waals surface area (Å²) in [5, 5.41) is 10.2. The van der Waals surface area contributed by atoms with Gasteiger partial charge in [0.1, 0.15) is 5.78 Å². The smallest absolute Gasteiger partial charge is 0.136 e. The second kappa shape index (κ2) is 8.05. The Morgan fingerprint density at radius 3 is 2.43 bits per heavy atom. The van der Waals surface area contributed by atoms with Crippen LogP contribution in [0.2, 0.25) is 0 Å². The molecule has 170 valence electrons. The topological polar surface area (TPSA) is 37.3 Å². The lowest BCUT2D eigenvalue weighted by Crippen LogP contribution is -2.57. The third kappa shape index (κ3) is 3.54. The van der Waals surface area contributed by atoms with Gasteiger partial charge in [-0.25, -0.2) is 0 Å². The summed E-state index contributed by atoms with van der Waals surface area (Å²) in [6.45, 7) is 16.3. The first-order valence-corrected chi connectivity index (χ1v) is 13.0. The summed E-state index contributed by atoms with van der Waals surface area (Å²) in [7, 11) is 0. The Bertz CT molecular complexity index is 680. The van der Waals surface area contributed by atoms with Crippen LogP contribution in [0.3, 0.4) is 0 Å². The number of aliphatic hydroxyl groups excluding tert-OH is 1. The number of fused-ring (bicyclic) bond motifs is 5. The first kappa shape index (κ1) is 22.6. The zero-order chi connectivity index (χ0) is 21.8. The van der Waals surface area contributed by atoms with Crippen molar-refractivity contribution in [1.29, 1.82) is 0 Å². The largest absolute Gasteiger partial charge is 0.393 e. The number of carbonyl (C=O) groups is 1. The summed E-state index contributed by atoms with van der Waals surface area (Å²) < 4.78 is 0. The van der Waals surface area contributed by atoms with Gasteiger partial charge in [0, 0.05) is 12.3 Å². The van der Waals surface area contributed by atoms with Crippen molar-refractivity contribution in [2.45, 2.75) is 105 Å². The lowest BCUT2D eigenvalue weighted by Gasteiger charge is -2.60. The van der Waals surface area contributed by atoms with Crippen molar-refractivity contribution < 1.29 is 9.90 Å². The zero-order valence-corrected chi connectivity index (χ0v) is 20.3. The molecule has 4 aliphatic rings. The summed E-state index contributed by atoms with van der Waals surface area (Å²) >= 11 is 0. The van der Waals surface area contributed by atoms with E-state index >= 15 is 0 Å². The van der Waals surface area contributed by atoms with Crippen molar-refractivity contribution in [2.24, 2.45) is 52.3 Å². The van der Waals surface area contributed by atoms with Crippen LogP contribution in [0.15, 0.2) is 12.2 Å². The monoisotopic (exact) mass is 414 g/mol. The molecule has 9 atom stereocenters. The van der Waals surface area contributed by atoms with E-state index in [0.29, 0.717) is 40.8 Å². The molecule has 4 fully saturated rings. The number of rotatable bonds is 5. The van der Waals surface area contributed by atoms with Crippen LogP contribution in [0.4, 0.5) is 0 Å². The van der Waals surface area contributed by atoms with Crippen LogP contribution in [0.1, 0.15) is 98.8 Å². The fourth-order valence-electron chi connectivity index (χ4n) is 8.79. The second-order valence-corrected chi connectivity index (χ2v) is 12.6. The summed E-state index contributed by atoms with van der Waals surface area (Å²) in [4.78, 5) is 13.5. The van der Waals surface area contributed by atoms with Gasteiger partial charge in [-0.2, -0.15) is 0 Å². The van der Waals surface area contributed by atoms with Crippen molar-refractivity contribution in [3.05, 3.63) is 12.2 Å². The third-order valence-corrected chi connectivity index (χ3v) is 10.9. The molecule has 0 radical (unpaired) electrons. The number of carbonyl (C=O) groups excluding carboxylic acids is 1. The first-order chi connectivity index (χ1) is 14.1. The van der Waals surface area contributed by atoms with Crippen LogP contribution >= 0.6 is 0 Å². The first-order valence-electron chi connectivity index (χ1n) is 13.0. The average Bonchev–Trinajstić information content (AvgIpc) is 3.04. The van der Waals surface area contributed by atoms with E-state index in [0.717, 1.165) is 43.9 Å². The maximum atomic E-state index is 13.5. The quantitative estimate of drug-likeness (QED) is 0.501. The molecule has 2 nitrogen and oxygen atoms in total. The Hall–Kier alpha value is -0.630. The molecule has 0 aliphatic heterocycles. The molecule has 8 unspecified atom stereocenters. The minimum absolute atomic E-state index is 0.182. The van der Waals surface area contributed by atoms with Crippen LogP contribution < -0.4 is 0 Å². The van der Waals surface area contributed by atoms with Gasteiger partial charge < -0.3 is 5.11 Å². The predicted octanol–water partition coefficient (Wildman–Crippen LogP) is 6.81. The molecule has 4 rings (SSSR count). The number of Topliss-reactive ketones (excluding diaryl/α,β-unsaturated/α-hetero) is 1. The minimum atomic E-state index is -0.182. The average molecular weight is 415 g/mol. The number of ketones is 1.